The molecule has 0 aromatic heterocycles. The highest BCUT2D eigenvalue weighted by atomic mass is 16.1. The number of ketones is 1. The van der Waals surface area contributed by atoms with Crippen LogP contribution in [0.4, 0.5) is 0 Å². The van der Waals surface area contributed by atoms with E-state index >= 15 is 0 Å². The fraction of sp³-hybridized carbons (Fsp3) is 0.533. The molecule has 1 aliphatic rings. The van der Waals surface area contributed by atoms with Crippen LogP contribution in [-0.4, -0.2) is 12.3 Å². The summed E-state index contributed by atoms with van der Waals surface area (Å²) in [6.07, 6.45) is 5.80. The van der Waals surface area contributed by atoms with Crippen LogP contribution in [0.2, 0.25) is 0 Å². The minimum atomic E-state index is -0.186. The lowest BCUT2D eigenvalue weighted by atomic mass is 9.79. The Morgan fingerprint density at radius 1 is 1.18 bits per heavy atom. The second-order valence-electron chi connectivity index (χ2n) is 5.10. The number of hydrogen-bond acceptors (Lipinski definition) is 2. The summed E-state index contributed by atoms with van der Waals surface area (Å²) in [5, 5.41) is 0. The van der Waals surface area contributed by atoms with Crippen LogP contribution >= 0.6 is 0 Å². The number of carbonyl (C=O) groups is 1. The molecule has 1 saturated carbocycles. The highest BCUT2D eigenvalue weighted by molar-refractivity contribution is 5.85. The quantitative estimate of drug-likeness (QED) is 0.846. The third kappa shape index (κ3) is 2.75. The van der Waals surface area contributed by atoms with Gasteiger partial charge in [-0.1, -0.05) is 43.2 Å². The lowest BCUT2D eigenvalue weighted by molar-refractivity contribution is -0.128. The standard InChI is InChI=1S/C15H21NO/c16-12-15(10-4-5-11-15)14(17)9-8-13-6-2-1-3-7-13/h1-3,6-7H,4-5,8-12,16H2. The van der Waals surface area contributed by atoms with Gasteiger partial charge in [-0.3, -0.25) is 4.79 Å². The molecule has 1 aliphatic carbocycles. The van der Waals surface area contributed by atoms with Crippen molar-refractivity contribution >= 4 is 5.78 Å². The molecule has 2 N–H and O–H groups in total. The van der Waals surface area contributed by atoms with Crippen molar-refractivity contribution in [2.75, 3.05) is 6.54 Å². The number of nitrogens with two attached hydrogens (primary N) is 1. The molecule has 2 heteroatoms. The first-order chi connectivity index (χ1) is 8.27. The number of Topliss-reactive ketones (excluding diaryl/α,β-unsaturated/α-hetero) is 1. The molecular formula is C15H21NO. The number of rotatable bonds is 5. The third-order valence-electron chi connectivity index (χ3n) is 4.03. The van der Waals surface area contributed by atoms with E-state index in [0.29, 0.717) is 18.7 Å². The van der Waals surface area contributed by atoms with Crippen LogP contribution < -0.4 is 5.73 Å². The predicted molar refractivity (Wildman–Crippen MR) is 69.7 cm³/mol. The molecule has 2 nitrogen and oxygen atoms in total. The van der Waals surface area contributed by atoms with Gasteiger partial charge in [-0.15, -0.1) is 0 Å². The summed E-state index contributed by atoms with van der Waals surface area (Å²) in [6, 6.07) is 10.2. The summed E-state index contributed by atoms with van der Waals surface area (Å²) < 4.78 is 0. The van der Waals surface area contributed by atoms with Crippen molar-refractivity contribution in [1.29, 1.82) is 0 Å². The Morgan fingerprint density at radius 2 is 1.82 bits per heavy atom. The highest BCUT2D eigenvalue weighted by Gasteiger charge is 2.38. The van der Waals surface area contributed by atoms with Crippen molar-refractivity contribution in [1.82, 2.24) is 0 Å². The lowest BCUT2D eigenvalue weighted by Gasteiger charge is -2.25. The summed E-state index contributed by atoms with van der Waals surface area (Å²) in [4.78, 5) is 12.3. The normalized spacial score (nSPS) is 18.2. The van der Waals surface area contributed by atoms with E-state index in [4.69, 9.17) is 5.73 Å². The van der Waals surface area contributed by atoms with E-state index in [9.17, 15) is 4.79 Å². The molecule has 0 atom stereocenters. The Labute approximate surface area is 103 Å². The van der Waals surface area contributed by atoms with Crippen molar-refractivity contribution < 1.29 is 4.79 Å². The molecule has 0 heterocycles. The van der Waals surface area contributed by atoms with Gasteiger partial charge in [-0.25, -0.2) is 0 Å². The van der Waals surface area contributed by atoms with Gasteiger partial charge in [0.15, 0.2) is 0 Å². The van der Waals surface area contributed by atoms with Crippen LogP contribution in [0.1, 0.15) is 37.7 Å². The largest absolute Gasteiger partial charge is 0.329 e. The van der Waals surface area contributed by atoms with Gasteiger partial charge in [0.1, 0.15) is 5.78 Å². The fourth-order valence-corrected chi connectivity index (χ4v) is 2.82. The van der Waals surface area contributed by atoms with E-state index < -0.39 is 0 Å². The average Bonchev–Trinajstić information content (AvgIpc) is 2.87. The Balaban J connectivity index is 1.93. The van der Waals surface area contributed by atoms with Crippen LogP contribution in [0, 0.1) is 5.41 Å². The molecule has 0 bridgehead atoms. The van der Waals surface area contributed by atoms with Gasteiger partial charge in [0.2, 0.25) is 0 Å². The molecule has 0 radical (unpaired) electrons. The van der Waals surface area contributed by atoms with E-state index in [0.717, 1.165) is 32.1 Å². The molecule has 1 aromatic carbocycles. The summed E-state index contributed by atoms with van der Waals surface area (Å²) in [7, 11) is 0. The van der Waals surface area contributed by atoms with Crippen LogP contribution in [0.5, 0.6) is 0 Å². The summed E-state index contributed by atoms with van der Waals surface area (Å²) >= 11 is 0. The molecule has 0 saturated heterocycles. The maximum absolute atomic E-state index is 12.3. The maximum Gasteiger partial charge on any atom is 0.140 e. The fourth-order valence-electron chi connectivity index (χ4n) is 2.82. The van der Waals surface area contributed by atoms with Crippen LogP contribution in [0.3, 0.4) is 0 Å². The predicted octanol–water partition coefficient (Wildman–Crippen LogP) is 2.71. The molecule has 0 unspecified atom stereocenters. The average molecular weight is 231 g/mol. The third-order valence-corrected chi connectivity index (χ3v) is 4.03. The van der Waals surface area contributed by atoms with Crippen molar-refractivity contribution in [2.45, 2.75) is 38.5 Å². The highest BCUT2D eigenvalue weighted by Crippen LogP contribution is 2.38. The summed E-state index contributed by atoms with van der Waals surface area (Å²) in [6.45, 7) is 0.528. The van der Waals surface area contributed by atoms with Crippen molar-refractivity contribution in [3.05, 3.63) is 35.9 Å². The van der Waals surface area contributed by atoms with E-state index in [-0.39, 0.29) is 5.41 Å². The van der Waals surface area contributed by atoms with Gasteiger partial charge in [-0.05, 0) is 24.8 Å². The topological polar surface area (TPSA) is 43.1 Å². The molecule has 2 rings (SSSR count). The van der Waals surface area contributed by atoms with Crippen LogP contribution in [0.25, 0.3) is 0 Å². The first-order valence-corrected chi connectivity index (χ1v) is 6.54. The zero-order valence-corrected chi connectivity index (χ0v) is 10.3. The summed E-state index contributed by atoms with van der Waals surface area (Å²) in [5.74, 6) is 0.376. The lowest BCUT2D eigenvalue weighted by Crippen LogP contribution is -2.36. The molecule has 92 valence electrons. The van der Waals surface area contributed by atoms with Crippen molar-refractivity contribution in [2.24, 2.45) is 11.1 Å². The first kappa shape index (κ1) is 12.3. The maximum atomic E-state index is 12.3. The molecule has 1 aromatic rings. The molecular weight excluding hydrogens is 210 g/mol. The zero-order valence-electron chi connectivity index (χ0n) is 10.3. The van der Waals surface area contributed by atoms with E-state index in [1.165, 1.54) is 5.56 Å². The Bertz CT molecular complexity index is 366. The monoisotopic (exact) mass is 231 g/mol. The van der Waals surface area contributed by atoms with Gasteiger partial charge in [0.25, 0.3) is 0 Å². The minimum absolute atomic E-state index is 0.186. The molecule has 17 heavy (non-hydrogen) atoms. The zero-order chi connectivity index (χ0) is 12.1. The van der Waals surface area contributed by atoms with Crippen molar-refractivity contribution in [3.63, 3.8) is 0 Å². The Kier molecular flexibility index (Phi) is 3.95. The van der Waals surface area contributed by atoms with Crippen molar-refractivity contribution in [3.8, 4) is 0 Å². The Hall–Kier alpha value is -1.15. The second kappa shape index (κ2) is 5.46. The number of benzene rings is 1. The Morgan fingerprint density at radius 3 is 2.41 bits per heavy atom. The molecule has 0 amide bonds. The van der Waals surface area contributed by atoms with Gasteiger partial charge in [0, 0.05) is 18.4 Å². The number of aryl methyl sites for hydroxylation is 1. The smallest absolute Gasteiger partial charge is 0.140 e. The second-order valence-corrected chi connectivity index (χ2v) is 5.10. The molecule has 0 aliphatic heterocycles. The van der Waals surface area contributed by atoms with E-state index in [1.54, 1.807) is 0 Å². The van der Waals surface area contributed by atoms with Gasteiger partial charge in [-0.2, -0.15) is 0 Å². The minimum Gasteiger partial charge on any atom is -0.329 e. The van der Waals surface area contributed by atoms with Gasteiger partial charge in [0.05, 0.1) is 0 Å². The van der Waals surface area contributed by atoms with Gasteiger partial charge < -0.3 is 5.73 Å². The number of hydrogen-bond donors (Lipinski definition) is 1. The molecule has 0 spiro atoms. The first-order valence-electron chi connectivity index (χ1n) is 6.54. The SMILES string of the molecule is NCC1(C(=O)CCc2ccccc2)CCCC1. The number of carbonyl (C=O) groups excluding carboxylic acids is 1. The van der Waals surface area contributed by atoms with Crippen LogP contribution in [0.15, 0.2) is 30.3 Å². The van der Waals surface area contributed by atoms with Gasteiger partial charge >= 0.3 is 0 Å². The van der Waals surface area contributed by atoms with E-state index in [2.05, 4.69) is 12.1 Å². The van der Waals surface area contributed by atoms with E-state index in [1.807, 2.05) is 18.2 Å². The molecule has 1 fully saturated rings. The van der Waals surface area contributed by atoms with Crippen LogP contribution in [-0.2, 0) is 11.2 Å². The summed E-state index contributed by atoms with van der Waals surface area (Å²) in [5.41, 5.74) is 6.87.